The number of fused-ring (bicyclic) bond motifs is 7. The van der Waals surface area contributed by atoms with E-state index in [9.17, 15) is 4.79 Å². The lowest BCUT2D eigenvalue weighted by Gasteiger charge is -2.34. The Labute approximate surface area is 289 Å². The Hall–Kier alpha value is -6.39. The molecule has 0 bridgehead atoms. The molecule has 238 valence electrons. The third-order valence-corrected chi connectivity index (χ3v) is 10.5. The number of hydrogen-bond donors (Lipinski definition) is 0. The third kappa shape index (κ3) is 4.21. The van der Waals surface area contributed by atoms with Crippen LogP contribution in [0.1, 0.15) is 40.9 Å². The van der Waals surface area contributed by atoms with E-state index in [4.69, 9.17) is 9.47 Å². The number of rotatable bonds is 3. The molecular weight excluding hydrogens is 615 g/mol. The van der Waals surface area contributed by atoms with Crippen LogP contribution in [0, 0.1) is 0 Å². The number of ketones is 1. The molecule has 0 atom stereocenters. The lowest BCUT2D eigenvalue weighted by atomic mass is 9.68. The number of para-hydroxylation sites is 2. The summed E-state index contributed by atoms with van der Waals surface area (Å²) in [6.45, 7) is 4.37. The van der Waals surface area contributed by atoms with Crippen molar-refractivity contribution < 1.29 is 14.3 Å². The van der Waals surface area contributed by atoms with Crippen molar-refractivity contribution in [1.29, 1.82) is 0 Å². The highest BCUT2D eigenvalue weighted by atomic mass is 16.6. The largest absolute Gasteiger partial charge is 0.449 e. The molecule has 4 nitrogen and oxygen atoms in total. The van der Waals surface area contributed by atoms with Gasteiger partial charge in [0.25, 0.3) is 0 Å². The fourth-order valence-corrected chi connectivity index (χ4v) is 7.92. The maximum absolute atomic E-state index is 13.6. The van der Waals surface area contributed by atoms with Crippen LogP contribution < -0.4 is 9.47 Å². The lowest BCUT2D eigenvalue weighted by molar-refractivity contribution is 0.103. The number of benzene rings is 7. The van der Waals surface area contributed by atoms with E-state index in [2.05, 4.69) is 115 Å². The molecule has 0 radical (unpaired) electrons. The minimum atomic E-state index is -0.263. The van der Waals surface area contributed by atoms with Crippen molar-refractivity contribution in [3.05, 3.63) is 174 Å². The van der Waals surface area contributed by atoms with E-state index < -0.39 is 0 Å². The molecule has 50 heavy (non-hydrogen) atoms. The van der Waals surface area contributed by atoms with Gasteiger partial charge in [-0.3, -0.25) is 4.79 Å². The average Bonchev–Trinajstić information content (AvgIpc) is 3.50. The second kappa shape index (κ2) is 10.6. The van der Waals surface area contributed by atoms with Crippen LogP contribution in [0.5, 0.6) is 23.0 Å². The van der Waals surface area contributed by atoms with Crippen LogP contribution in [0.25, 0.3) is 49.7 Å². The molecule has 0 unspecified atom stereocenters. The van der Waals surface area contributed by atoms with Crippen LogP contribution in [-0.4, -0.2) is 10.4 Å². The Bertz CT molecular complexity index is 2700. The van der Waals surface area contributed by atoms with Crippen molar-refractivity contribution in [2.75, 3.05) is 0 Å². The Balaban J connectivity index is 0.976. The number of nitrogens with zero attached hydrogens (tertiary/aromatic N) is 1. The minimum Gasteiger partial charge on any atom is -0.449 e. The van der Waals surface area contributed by atoms with E-state index in [1.54, 1.807) is 0 Å². The fraction of sp³-hybridized carbons (Fsp3) is 0.0652. The zero-order valence-corrected chi connectivity index (χ0v) is 27.6. The quantitative estimate of drug-likeness (QED) is 0.192. The molecule has 0 spiro atoms. The van der Waals surface area contributed by atoms with Gasteiger partial charge in [0, 0.05) is 33.0 Å². The van der Waals surface area contributed by atoms with Crippen molar-refractivity contribution in [3.8, 4) is 50.9 Å². The zero-order valence-electron chi connectivity index (χ0n) is 27.6. The average molecular weight is 646 g/mol. The minimum absolute atomic E-state index is 0.0696. The van der Waals surface area contributed by atoms with Crippen molar-refractivity contribution >= 4 is 27.6 Å². The van der Waals surface area contributed by atoms with Crippen molar-refractivity contribution in [2.45, 2.75) is 19.3 Å². The van der Waals surface area contributed by atoms with Gasteiger partial charge in [0.1, 0.15) is 0 Å². The van der Waals surface area contributed by atoms with Gasteiger partial charge in [-0.25, -0.2) is 0 Å². The highest BCUT2D eigenvalue weighted by molar-refractivity contribution is 6.14. The molecule has 0 amide bonds. The summed E-state index contributed by atoms with van der Waals surface area (Å²) < 4.78 is 15.2. The molecule has 0 N–H and O–H groups in total. The van der Waals surface area contributed by atoms with E-state index in [1.807, 2.05) is 54.6 Å². The van der Waals surface area contributed by atoms with Gasteiger partial charge in [-0.05, 0) is 94.0 Å². The predicted molar refractivity (Wildman–Crippen MR) is 200 cm³/mol. The summed E-state index contributed by atoms with van der Waals surface area (Å²) in [5.41, 5.74) is 11.0. The monoisotopic (exact) mass is 645 g/mol. The van der Waals surface area contributed by atoms with Gasteiger partial charge in [-0.15, -0.1) is 0 Å². The lowest BCUT2D eigenvalue weighted by Crippen LogP contribution is -2.30. The van der Waals surface area contributed by atoms with Gasteiger partial charge < -0.3 is 14.0 Å². The van der Waals surface area contributed by atoms with Gasteiger partial charge in [0.15, 0.2) is 28.8 Å². The molecule has 0 fully saturated rings. The third-order valence-electron chi connectivity index (χ3n) is 10.5. The molecule has 0 saturated heterocycles. The number of ether oxygens (including phenoxy) is 2. The number of carbonyl (C=O) groups is 1. The normalized spacial score (nSPS) is 13.9. The van der Waals surface area contributed by atoms with E-state index >= 15 is 0 Å². The SMILES string of the molecule is CC1(C)c2ccccc2C(=O)c2cc(-c3ccc4c(c3)Oc3ccc(-c5ccc6c(c5)c5ccccc5n6-c5ccccc5)cc3O4)ccc21. The Morgan fingerprint density at radius 2 is 1.02 bits per heavy atom. The van der Waals surface area contributed by atoms with E-state index in [0.29, 0.717) is 23.0 Å². The van der Waals surface area contributed by atoms with Gasteiger partial charge in [-0.2, -0.15) is 0 Å². The van der Waals surface area contributed by atoms with Crippen LogP contribution in [0.4, 0.5) is 0 Å². The molecule has 7 aromatic carbocycles. The fourth-order valence-electron chi connectivity index (χ4n) is 7.92. The standard InChI is InChI=1S/C46H31NO3/c1-46(2)37-14-8-6-13-34(37)45(48)36-25-28(16-20-38(36)46)30-18-22-41-43(26-30)49-42-23-19-31(27-44(42)50-41)29-17-21-40-35(24-29)33-12-7-9-15-39(33)47(40)32-10-4-3-5-11-32/h3-27H,1-2H3. The molecule has 10 rings (SSSR count). The van der Waals surface area contributed by atoms with Crippen LogP contribution in [0.2, 0.25) is 0 Å². The maximum Gasteiger partial charge on any atom is 0.193 e. The van der Waals surface area contributed by atoms with Gasteiger partial charge in [0.2, 0.25) is 0 Å². The molecule has 4 heteroatoms. The predicted octanol–water partition coefficient (Wildman–Crippen LogP) is 11.9. The van der Waals surface area contributed by atoms with Crippen LogP contribution in [0.3, 0.4) is 0 Å². The molecule has 1 aliphatic carbocycles. The van der Waals surface area contributed by atoms with Crippen molar-refractivity contribution in [3.63, 3.8) is 0 Å². The summed E-state index contributed by atoms with van der Waals surface area (Å²) in [7, 11) is 0. The molecule has 2 heterocycles. The van der Waals surface area contributed by atoms with Gasteiger partial charge in [-0.1, -0.05) is 105 Å². The molecule has 1 aromatic heterocycles. The molecule has 0 saturated carbocycles. The van der Waals surface area contributed by atoms with Crippen molar-refractivity contribution in [2.24, 2.45) is 0 Å². The summed E-state index contributed by atoms with van der Waals surface area (Å²) in [6, 6.07) is 52.0. The summed E-state index contributed by atoms with van der Waals surface area (Å²) in [4.78, 5) is 13.6. The van der Waals surface area contributed by atoms with E-state index in [-0.39, 0.29) is 11.2 Å². The summed E-state index contributed by atoms with van der Waals surface area (Å²) >= 11 is 0. The first-order valence-corrected chi connectivity index (χ1v) is 17.0. The number of hydrogen-bond acceptors (Lipinski definition) is 3. The maximum atomic E-state index is 13.6. The Morgan fingerprint density at radius 3 is 1.78 bits per heavy atom. The van der Waals surface area contributed by atoms with E-state index in [0.717, 1.165) is 50.2 Å². The second-order valence-corrected chi connectivity index (χ2v) is 13.7. The Kier molecular flexibility index (Phi) is 6.04. The zero-order chi connectivity index (χ0) is 33.6. The van der Waals surface area contributed by atoms with Crippen molar-refractivity contribution in [1.82, 2.24) is 4.57 Å². The highest BCUT2D eigenvalue weighted by Gasteiger charge is 2.36. The number of carbonyl (C=O) groups excluding carboxylic acids is 1. The topological polar surface area (TPSA) is 40.5 Å². The van der Waals surface area contributed by atoms with Crippen LogP contribution in [-0.2, 0) is 5.41 Å². The van der Waals surface area contributed by atoms with Gasteiger partial charge >= 0.3 is 0 Å². The van der Waals surface area contributed by atoms with E-state index in [1.165, 1.54) is 21.8 Å². The van der Waals surface area contributed by atoms with Gasteiger partial charge in [0.05, 0.1) is 11.0 Å². The first-order chi connectivity index (χ1) is 24.4. The summed E-state index contributed by atoms with van der Waals surface area (Å²) in [5.74, 6) is 2.71. The molecular formula is C46H31NO3. The molecule has 8 aromatic rings. The first kappa shape index (κ1) is 28.6. The summed E-state index contributed by atoms with van der Waals surface area (Å²) in [6.07, 6.45) is 0. The van der Waals surface area contributed by atoms with Crippen LogP contribution >= 0.6 is 0 Å². The smallest absolute Gasteiger partial charge is 0.193 e. The second-order valence-electron chi connectivity index (χ2n) is 13.7. The van der Waals surface area contributed by atoms with Crippen LogP contribution in [0.15, 0.2) is 152 Å². The first-order valence-electron chi connectivity index (χ1n) is 17.0. The Morgan fingerprint density at radius 1 is 0.460 bits per heavy atom. The highest BCUT2D eigenvalue weighted by Crippen LogP contribution is 2.49. The summed E-state index contributed by atoms with van der Waals surface area (Å²) in [5, 5.41) is 2.42. The number of aromatic nitrogens is 1. The molecule has 2 aliphatic rings. The molecule has 1 aliphatic heterocycles.